The molecule has 0 spiro atoms. The van der Waals surface area contributed by atoms with Crippen LogP contribution >= 0.6 is 11.3 Å². The number of carbonyl (C=O) groups is 2. The number of piperidine rings is 1. The zero-order valence-corrected chi connectivity index (χ0v) is 49.5. The normalized spacial score (nSPS) is 14.3. The fourth-order valence-corrected chi connectivity index (χ4v) is 10.7. The van der Waals surface area contributed by atoms with E-state index >= 15 is 0 Å². The molecule has 84 heavy (non-hydrogen) atoms. The number of nitrogens with one attached hydrogen (secondary N) is 3. The molecule has 22 heteroatoms. The largest absolute Gasteiger partial charge is 0.491 e. The number of alkyl halides is 3. The quantitative estimate of drug-likeness (QED) is 0.0317. The van der Waals surface area contributed by atoms with Crippen molar-refractivity contribution >= 4 is 51.1 Å². The molecule has 3 N–H and O–H groups in total. The Morgan fingerprint density at radius 3 is 2.11 bits per heavy atom. The molecule has 2 amide bonds. The van der Waals surface area contributed by atoms with Crippen molar-refractivity contribution in [2.75, 3.05) is 131 Å². The monoisotopic (exact) mass is 1180 g/mol. The van der Waals surface area contributed by atoms with Crippen LogP contribution in [0, 0.1) is 44.5 Å². The predicted octanol–water partition coefficient (Wildman–Crippen LogP) is 8.13. The molecule has 0 unspecified atom stereocenters. The fourth-order valence-electron chi connectivity index (χ4n) is 9.52. The summed E-state index contributed by atoms with van der Waals surface area (Å²) < 4.78 is 78.1. The zero-order chi connectivity index (χ0) is 59.4. The number of carbonyl (C=O) groups excluding carboxylic acids is 2. The zero-order valence-electron chi connectivity index (χ0n) is 48.7. The maximum absolute atomic E-state index is 13.7. The average molecular weight is 1180 g/mol. The third-order valence-electron chi connectivity index (χ3n) is 14.1. The SMILES string of the molecule is Cc1sc2c(c1C)C(c1ccc(C#CCC(=O)NCCOCCOCCOCCOCCOCCOc3ccc(NCC#Cc4cc5c(NC6CCN(C)CC6)cccc5n4CC(F)(F)F)cc3)cc1)=N[C@@H](CC(=O)N(C)C)c1nnc(C)n1-2. The van der Waals surface area contributed by atoms with Crippen LogP contribution in [0.3, 0.4) is 0 Å². The van der Waals surface area contributed by atoms with Gasteiger partial charge in [0.1, 0.15) is 35.8 Å². The highest BCUT2D eigenvalue weighted by Crippen LogP contribution is 2.40. The number of ether oxygens (including phenoxy) is 6. The van der Waals surface area contributed by atoms with Gasteiger partial charge in [0, 0.05) is 65.0 Å². The lowest BCUT2D eigenvalue weighted by atomic mass is 9.98. The van der Waals surface area contributed by atoms with Gasteiger partial charge in [0.25, 0.3) is 0 Å². The van der Waals surface area contributed by atoms with Crippen LogP contribution in [0.2, 0.25) is 0 Å². The molecule has 3 aromatic heterocycles. The first-order valence-electron chi connectivity index (χ1n) is 28.3. The first kappa shape index (κ1) is 62.8. The van der Waals surface area contributed by atoms with E-state index in [0.29, 0.717) is 102 Å². The van der Waals surface area contributed by atoms with Crippen LogP contribution in [0.1, 0.15) is 76.2 Å². The number of hydrogen-bond acceptors (Lipinski definition) is 15. The van der Waals surface area contributed by atoms with Gasteiger partial charge in [-0.2, -0.15) is 13.2 Å². The summed E-state index contributed by atoms with van der Waals surface area (Å²) in [5.74, 6) is 13.8. The van der Waals surface area contributed by atoms with Gasteiger partial charge in [0.05, 0.1) is 102 Å². The van der Waals surface area contributed by atoms with Crippen LogP contribution in [0.5, 0.6) is 5.75 Å². The Morgan fingerprint density at radius 2 is 1.45 bits per heavy atom. The van der Waals surface area contributed by atoms with Crippen molar-refractivity contribution in [2.24, 2.45) is 4.99 Å². The molecule has 1 atom stereocenters. The summed E-state index contributed by atoms with van der Waals surface area (Å²) in [6.45, 7) is 11.9. The Bertz CT molecular complexity index is 3290. The van der Waals surface area contributed by atoms with E-state index in [1.807, 2.05) is 66.1 Å². The van der Waals surface area contributed by atoms with Crippen LogP contribution in [0.15, 0.2) is 77.8 Å². The third-order valence-corrected chi connectivity index (χ3v) is 15.3. The van der Waals surface area contributed by atoms with Crippen molar-refractivity contribution in [1.82, 2.24) is 34.4 Å². The highest BCUT2D eigenvalue weighted by molar-refractivity contribution is 7.15. The van der Waals surface area contributed by atoms with Crippen molar-refractivity contribution in [2.45, 2.75) is 71.3 Å². The number of thiophene rings is 1. The summed E-state index contributed by atoms with van der Waals surface area (Å²) in [4.78, 5) is 35.6. The van der Waals surface area contributed by atoms with Gasteiger partial charge < -0.3 is 58.7 Å². The number of halogens is 3. The third kappa shape index (κ3) is 18.1. The van der Waals surface area contributed by atoms with Crippen molar-refractivity contribution in [3.8, 4) is 34.4 Å². The number of aryl methyl sites for hydroxylation is 2. The van der Waals surface area contributed by atoms with Crippen molar-refractivity contribution in [3.05, 3.63) is 117 Å². The summed E-state index contributed by atoms with van der Waals surface area (Å²) in [6.07, 6.45) is -2.26. The van der Waals surface area contributed by atoms with Gasteiger partial charge in [-0.1, -0.05) is 36.0 Å². The number of fused-ring (bicyclic) bond motifs is 4. The number of amides is 2. The molecule has 5 heterocycles. The Balaban J connectivity index is 0.619. The van der Waals surface area contributed by atoms with Crippen LogP contribution in [0.25, 0.3) is 15.9 Å². The molecule has 2 aliphatic rings. The van der Waals surface area contributed by atoms with Gasteiger partial charge in [0.2, 0.25) is 11.8 Å². The summed E-state index contributed by atoms with van der Waals surface area (Å²) in [7, 11) is 5.56. The number of aliphatic imine (C=N–C) groups is 1. The van der Waals surface area contributed by atoms with E-state index in [-0.39, 0.29) is 37.2 Å². The van der Waals surface area contributed by atoms with Gasteiger partial charge in [-0.3, -0.25) is 19.1 Å². The first-order valence-corrected chi connectivity index (χ1v) is 29.1. The van der Waals surface area contributed by atoms with Gasteiger partial charge in [-0.25, -0.2) is 0 Å². The van der Waals surface area contributed by atoms with E-state index in [4.69, 9.17) is 33.4 Å². The molecule has 0 saturated carbocycles. The molecule has 18 nitrogen and oxygen atoms in total. The second kappa shape index (κ2) is 31.0. The van der Waals surface area contributed by atoms with Crippen LogP contribution in [-0.4, -0.2) is 179 Å². The van der Waals surface area contributed by atoms with E-state index in [1.54, 1.807) is 48.5 Å². The predicted molar refractivity (Wildman–Crippen MR) is 320 cm³/mol. The number of hydrogen-bond donors (Lipinski definition) is 3. The summed E-state index contributed by atoms with van der Waals surface area (Å²) in [5, 5.41) is 20.2. The smallest absolute Gasteiger partial charge is 0.406 e. The molecule has 8 rings (SSSR count). The number of likely N-dealkylation sites (tertiary alicyclic amines) is 1. The van der Waals surface area contributed by atoms with Crippen LogP contribution in [0.4, 0.5) is 24.5 Å². The summed E-state index contributed by atoms with van der Waals surface area (Å²) in [5.41, 5.74) is 7.00. The number of anilines is 2. The Kier molecular flexibility index (Phi) is 23.2. The number of nitrogens with zero attached hydrogens (tertiary/aromatic N) is 7. The molecule has 448 valence electrons. The molecule has 0 aliphatic carbocycles. The standard InChI is InChI=1S/C62H75F3N10O8S/c1-43-44(2)84-61-58(43)59(69-54(41-57(77)72(4)5)60-71-70-45(3)75(60)61)47-17-15-46(16-18-47)10-7-14-56(76)67-26-29-78-30-31-79-32-33-80-34-35-81-36-37-82-38-39-83-51-21-19-48(20-22-51)66-25-9-11-50-40-52-53(68-49-23-27-73(6)28-24-49)12-8-13-55(52)74(50)42-62(63,64)65/h8,12-13,15-22,40,49,54,66,68H,14,23-39,41-42H2,1-6H3,(H,67,76)/t54-/m0/s1. The van der Waals surface area contributed by atoms with E-state index in [2.05, 4.69) is 75.6 Å². The fraction of sp³-hybridized carbons (Fsp3) is 0.468. The van der Waals surface area contributed by atoms with E-state index in [0.717, 1.165) is 81.5 Å². The van der Waals surface area contributed by atoms with E-state index in [1.165, 1.54) is 9.44 Å². The maximum Gasteiger partial charge on any atom is 0.406 e. The average Bonchev–Trinajstić information content (AvgIpc) is 3.82. The number of benzene rings is 3. The van der Waals surface area contributed by atoms with Gasteiger partial charge in [-0.05, 0) is 120 Å². The van der Waals surface area contributed by atoms with Gasteiger partial charge in [0.15, 0.2) is 5.82 Å². The lowest BCUT2D eigenvalue weighted by molar-refractivity contribution is -0.140. The second-order valence-corrected chi connectivity index (χ2v) is 21.8. The van der Waals surface area contributed by atoms with Gasteiger partial charge in [-0.15, -0.1) is 21.5 Å². The highest BCUT2D eigenvalue weighted by Gasteiger charge is 2.33. The van der Waals surface area contributed by atoms with Crippen molar-refractivity contribution in [3.63, 3.8) is 0 Å². The second-order valence-electron chi connectivity index (χ2n) is 20.6. The minimum atomic E-state index is -4.40. The molecular formula is C62H75F3N10O8S. The molecule has 1 saturated heterocycles. The maximum atomic E-state index is 13.7. The summed E-state index contributed by atoms with van der Waals surface area (Å²) >= 11 is 1.66. The molecule has 3 aromatic carbocycles. The molecule has 0 bridgehead atoms. The number of rotatable bonds is 28. The summed E-state index contributed by atoms with van der Waals surface area (Å²) in [6, 6.07) is 22.1. The van der Waals surface area contributed by atoms with Crippen LogP contribution < -0.4 is 20.7 Å². The molecule has 1 fully saturated rings. The van der Waals surface area contributed by atoms with Gasteiger partial charge >= 0.3 is 6.18 Å². The molecular weight excluding hydrogens is 1100 g/mol. The van der Waals surface area contributed by atoms with Crippen LogP contribution in [-0.2, 0) is 39.8 Å². The first-order chi connectivity index (χ1) is 40.6. The lowest BCUT2D eigenvalue weighted by Crippen LogP contribution is -2.36. The number of aromatic nitrogens is 4. The molecule has 0 radical (unpaired) electrons. The lowest BCUT2D eigenvalue weighted by Gasteiger charge is -2.30. The van der Waals surface area contributed by atoms with Crippen molar-refractivity contribution in [1.29, 1.82) is 0 Å². The van der Waals surface area contributed by atoms with E-state index < -0.39 is 18.8 Å². The highest BCUT2D eigenvalue weighted by atomic mass is 32.1. The van der Waals surface area contributed by atoms with E-state index in [9.17, 15) is 22.8 Å². The molecule has 2 aliphatic heterocycles. The Morgan fingerprint density at radius 1 is 0.798 bits per heavy atom. The topological polar surface area (TPSA) is 180 Å². The minimum Gasteiger partial charge on any atom is -0.491 e. The van der Waals surface area contributed by atoms with Crippen molar-refractivity contribution < 1.29 is 51.2 Å². The Hall–Kier alpha value is -7.28. The minimum absolute atomic E-state index is 0.0432. The molecule has 6 aromatic rings. The Labute approximate surface area is 493 Å².